The maximum absolute atomic E-state index is 13.2. The maximum Gasteiger partial charge on any atom is 0.266 e. The summed E-state index contributed by atoms with van der Waals surface area (Å²) in [5.41, 5.74) is 3.18. The van der Waals surface area contributed by atoms with E-state index in [1.54, 1.807) is 48.5 Å². The van der Waals surface area contributed by atoms with Crippen molar-refractivity contribution in [3.63, 3.8) is 0 Å². The highest BCUT2D eigenvalue weighted by Gasteiger charge is 2.11. The number of rotatable bonds is 5. The van der Waals surface area contributed by atoms with Crippen molar-refractivity contribution in [2.75, 3.05) is 5.32 Å². The van der Waals surface area contributed by atoms with Gasteiger partial charge in [0.15, 0.2) is 5.78 Å². The first-order valence-electron chi connectivity index (χ1n) is 10.1. The van der Waals surface area contributed by atoms with Crippen LogP contribution in [0.3, 0.4) is 0 Å². The van der Waals surface area contributed by atoms with E-state index in [4.69, 9.17) is 0 Å². The zero-order chi connectivity index (χ0) is 22.7. The first kappa shape index (κ1) is 20.9. The van der Waals surface area contributed by atoms with Crippen LogP contribution in [0.2, 0.25) is 0 Å². The number of amides is 1. The standard InChI is InChI=1S/C26H21N3O3/c1-17-7-13-21(14-8-17)29-25(28-23-6-4-3-5-22(23)26(29)32)16-15-24(31)19-9-11-20(12-10-19)27-18(2)30/h3-16H,1-2H3,(H,27,30)/b16-15+. The molecular formula is C26H21N3O3. The number of hydrogen-bond acceptors (Lipinski definition) is 4. The molecule has 1 aromatic heterocycles. The monoisotopic (exact) mass is 423 g/mol. The van der Waals surface area contributed by atoms with Crippen molar-refractivity contribution in [2.45, 2.75) is 13.8 Å². The Morgan fingerprint density at radius 1 is 0.938 bits per heavy atom. The van der Waals surface area contributed by atoms with E-state index < -0.39 is 0 Å². The van der Waals surface area contributed by atoms with Crippen LogP contribution in [0.1, 0.15) is 28.7 Å². The smallest absolute Gasteiger partial charge is 0.266 e. The van der Waals surface area contributed by atoms with Gasteiger partial charge in [-0.05, 0) is 67.6 Å². The second-order valence-electron chi connectivity index (χ2n) is 7.42. The highest BCUT2D eigenvalue weighted by atomic mass is 16.1. The number of anilines is 1. The maximum atomic E-state index is 13.2. The third-order valence-corrected chi connectivity index (χ3v) is 4.97. The molecule has 3 aromatic carbocycles. The Hall–Kier alpha value is -4.32. The minimum Gasteiger partial charge on any atom is -0.326 e. The number of hydrogen-bond donors (Lipinski definition) is 1. The SMILES string of the molecule is CC(=O)Nc1ccc(C(=O)/C=C/c2nc3ccccc3c(=O)n2-c2ccc(C)cc2)cc1. The number of benzene rings is 3. The van der Waals surface area contributed by atoms with Gasteiger partial charge in [0.25, 0.3) is 5.56 Å². The van der Waals surface area contributed by atoms with Crippen molar-refractivity contribution in [1.82, 2.24) is 9.55 Å². The fraction of sp³-hybridized carbons (Fsp3) is 0.0769. The number of ketones is 1. The molecule has 1 N–H and O–H groups in total. The zero-order valence-corrected chi connectivity index (χ0v) is 17.7. The average molecular weight is 423 g/mol. The number of aryl methyl sites for hydroxylation is 1. The number of carbonyl (C=O) groups excluding carboxylic acids is 2. The molecule has 0 aliphatic rings. The number of carbonyl (C=O) groups is 2. The molecule has 1 heterocycles. The lowest BCUT2D eigenvalue weighted by molar-refractivity contribution is -0.114. The van der Waals surface area contributed by atoms with Crippen LogP contribution >= 0.6 is 0 Å². The first-order valence-corrected chi connectivity index (χ1v) is 10.1. The Morgan fingerprint density at radius 3 is 2.31 bits per heavy atom. The Morgan fingerprint density at radius 2 is 1.62 bits per heavy atom. The van der Waals surface area contributed by atoms with E-state index in [1.807, 2.05) is 37.3 Å². The third-order valence-electron chi connectivity index (χ3n) is 4.97. The van der Waals surface area contributed by atoms with E-state index in [9.17, 15) is 14.4 Å². The lowest BCUT2D eigenvalue weighted by Crippen LogP contribution is -2.22. The van der Waals surface area contributed by atoms with Gasteiger partial charge >= 0.3 is 0 Å². The third kappa shape index (κ3) is 4.39. The summed E-state index contributed by atoms with van der Waals surface area (Å²) in [4.78, 5) is 41.7. The van der Waals surface area contributed by atoms with Crippen LogP contribution in [0.15, 0.2) is 83.7 Å². The molecule has 0 radical (unpaired) electrons. The Labute approximate surface area is 184 Å². The van der Waals surface area contributed by atoms with Gasteiger partial charge in [-0.3, -0.25) is 19.0 Å². The van der Waals surface area contributed by atoms with E-state index >= 15 is 0 Å². The number of allylic oxidation sites excluding steroid dienone is 1. The minimum absolute atomic E-state index is 0.180. The molecule has 0 saturated heterocycles. The number of fused-ring (bicyclic) bond motifs is 1. The minimum atomic E-state index is -0.239. The zero-order valence-electron chi connectivity index (χ0n) is 17.7. The van der Waals surface area contributed by atoms with Crippen molar-refractivity contribution in [1.29, 1.82) is 0 Å². The predicted molar refractivity (Wildman–Crippen MR) is 126 cm³/mol. The summed E-state index contributed by atoms with van der Waals surface area (Å²) < 4.78 is 1.51. The summed E-state index contributed by atoms with van der Waals surface area (Å²) in [5.74, 6) is -0.0570. The molecule has 4 aromatic rings. The summed E-state index contributed by atoms with van der Waals surface area (Å²) in [5, 5.41) is 3.17. The largest absolute Gasteiger partial charge is 0.326 e. The molecule has 0 aliphatic carbocycles. The molecule has 6 nitrogen and oxygen atoms in total. The lowest BCUT2D eigenvalue weighted by Gasteiger charge is -2.11. The van der Waals surface area contributed by atoms with Gasteiger partial charge in [0, 0.05) is 18.2 Å². The molecule has 158 valence electrons. The Kier molecular flexibility index (Phi) is 5.77. The van der Waals surface area contributed by atoms with E-state index in [2.05, 4.69) is 10.3 Å². The van der Waals surface area contributed by atoms with Gasteiger partial charge in [0.2, 0.25) is 5.91 Å². The summed E-state index contributed by atoms with van der Waals surface area (Å²) in [6.07, 6.45) is 2.95. The average Bonchev–Trinajstić information content (AvgIpc) is 2.78. The molecule has 0 spiro atoms. The van der Waals surface area contributed by atoms with Gasteiger partial charge in [0.1, 0.15) is 5.82 Å². The van der Waals surface area contributed by atoms with Gasteiger partial charge in [-0.15, -0.1) is 0 Å². The van der Waals surface area contributed by atoms with Crippen LogP contribution in [-0.2, 0) is 4.79 Å². The van der Waals surface area contributed by atoms with Crippen LogP contribution in [0.25, 0.3) is 22.7 Å². The number of nitrogens with zero attached hydrogens (tertiary/aromatic N) is 2. The van der Waals surface area contributed by atoms with Gasteiger partial charge in [0.05, 0.1) is 16.6 Å². The second kappa shape index (κ2) is 8.81. The highest BCUT2D eigenvalue weighted by molar-refractivity contribution is 6.07. The molecule has 0 bridgehead atoms. The van der Waals surface area contributed by atoms with Crippen molar-refractivity contribution in [2.24, 2.45) is 0 Å². The van der Waals surface area contributed by atoms with E-state index in [0.29, 0.717) is 33.7 Å². The van der Waals surface area contributed by atoms with Gasteiger partial charge in [-0.2, -0.15) is 0 Å². The number of aromatic nitrogens is 2. The molecule has 0 unspecified atom stereocenters. The summed E-state index contributed by atoms with van der Waals surface area (Å²) in [7, 11) is 0. The molecular weight excluding hydrogens is 402 g/mol. The highest BCUT2D eigenvalue weighted by Crippen LogP contribution is 2.16. The van der Waals surface area contributed by atoms with Gasteiger partial charge < -0.3 is 5.32 Å². The van der Waals surface area contributed by atoms with Crippen LogP contribution in [0, 0.1) is 6.92 Å². The van der Waals surface area contributed by atoms with E-state index in [0.717, 1.165) is 5.56 Å². The molecule has 4 rings (SSSR count). The van der Waals surface area contributed by atoms with E-state index in [1.165, 1.54) is 17.6 Å². The fourth-order valence-electron chi connectivity index (χ4n) is 3.37. The molecule has 32 heavy (non-hydrogen) atoms. The Balaban J connectivity index is 1.74. The normalized spacial score (nSPS) is 11.1. The van der Waals surface area contributed by atoms with Gasteiger partial charge in [-0.25, -0.2) is 4.98 Å². The molecule has 0 atom stereocenters. The van der Waals surface area contributed by atoms with Crippen LogP contribution in [-0.4, -0.2) is 21.2 Å². The van der Waals surface area contributed by atoms with Crippen molar-refractivity contribution in [3.05, 3.63) is 106 Å². The van der Waals surface area contributed by atoms with Gasteiger partial charge in [-0.1, -0.05) is 29.8 Å². The molecule has 0 aliphatic heterocycles. The number of nitrogens with one attached hydrogen (secondary N) is 1. The second-order valence-corrected chi connectivity index (χ2v) is 7.42. The summed E-state index contributed by atoms with van der Waals surface area (Å²) in [6, 6.07) is 21.3. The quantitative estimate of drug-likeness (QED) is 0.377. The fourth-order valence-corrected chi connectivity index (χ4v) is 3.37. The van der Waals surface area contributed by atoms with Crippen LogP contribution in [0.5, 0.6) is 0 Å². The molecule has 1 amide bonds. The first-order chi connectivity index (χ1) is 15.4. The molecule has 0 fully saturated rings. The topological polar surface area (TPSA) is 81.1 Å². The van der Waals surface area contributed by atoms with Crippen molar-refractivity contribution < 1.29 is 9.59 Å². The van der Waals surface area contributed by atoms with Crippen LogP contribution in [0.4, 0.5) is 5.69 Å². The van der Waals surface area contributed by atoms with Crippen molar-refractivity contribution >= 4 is 34.4 Å². The summed E-state index contributed by atoms with van der Waals surface area (Å²) in [6.45, 7) is 3.40. The van der Waals surface area contributed by atoms with Crippen molar-refractivity contribution in [3.8, 4) is 5.69 Å². The Bertz CT molecular complexity index is 1400. The predicted octanol–water partition coefficient (Wildman–Crippen LogP) is 4.55. The lowest BCUT2D eigenvalue weighted by atomic mass is 10.1. The molecule has 6 heteroatoms. The van der Waals surface area contributed by atoms with E-state index in [-0.39, 0.29) is 17.2 Å². The number of para-hydroxylation sites is 1. The molecule has 0 saturated carbocycles. The summed E-state index contributed by atoms with van der Waals surface area (Å²) >= 11 is 0. The van der Waals surface area contributed by atoms with Crippen LogP contribution < -0.4 is 10.9 Å².